The Balaban J connectivity index is 2.29. The summed E-state index contributed by atoms with van der Waals surface area (Å²) in [6.45, 7) is 2.60. The summed E-state index contributed by atoms with van der Waals surface area (Å²) >= 11 is 0. The number of hydrogen-bond donors (Lipinski definition) is 3. The standard InChI is InChI=1S/C11H21NO3/c1-2-4-9(11(14)15)12-7-8-5-3-6-10(8)13/h8-10,12-13H,2-7H2,1H3,(H,14,15). The van der Waals surface area contributed by atoms with Gasteiger partial charge in [0.2, 0.25) is 0 Å². The Morgan fingerprint density at radius 3 is 2.73 bits per heavy atom. The summed E-state index contributed by atoms with van der Waals surface area (Å²) in [5.41, 5.74) is 0. The molecule has 1 aliphatic rings. The van der Waals surface area contributed by atoms with Crippen molar-refractivity contribution in [3.63, 3.8) is 0 Å². The molecule has 1 rings (SSSR count). The fraction of sp³-hybridized carbons (Fsp3) is 0.909. The van der Waals surface area contributed by atoms with E-state index in [-0.39, 0.29) is 12.0 Å². The lowest BCUT2D eigenvalue weighted by Crippen LogP contribution is -2.40. The number of carboxylic acids is 1. The maximum atomic E-state index is 10.9. The van der Waals surface area contributed by atoms with Crippen LogP contribution in [0.3, 0.4) is 0 Å². The third-order valence-electron chi connectivity index (χ3n) is 3.12. The van der Waals surface area contributed by atoms with Gasteiger partial charge in [0, 0.05) is 6.54 Å². The highest BCUT2D eigenvalue weighted by atomic mass is 16.4. The number of aliphatic hydroxyl groups excluding tert-OH is 1. The molecule has 3 N–H and O–H groups in total. The predicted octanol–water partition coefficient (Wildman–Crippen LogP) is 0.990. The number of nitrogens with one attached hydrogen (secondary N) is 1. The summed E-state index contributed by atoms with van der Waals surface area (Å²) in [5, 5.41) is 21.5. The zero-order valence-electron chi connectivity index (χ0n) is 9.28. The molecule has 0 saturated heterocycles. The summed E-state index contributed by atoms with van der Waals surface area (Å²) in [4.78, 5) is 10.9. The summed E-state index contributed by atoms with van der Waals surface area (Å²) in [6, 6.07) is -0.456. The second kappa shape index (κ2) is 6.08. The maximum absolute atomic E-state index is 10.9. The third kappa shape index (κ3) is 3.80. The topological polar surface area (TPSA) is 69.6 Å². The largest absolute Gasteiger partial charge is 0.480 e. The van der Waals surface area contributed by atoms with Gasteiger partial charge in [0.25, 0.3) is 0 Å². The normalized spacial score (nSPS) is 27.9. The molecular formula is C11H21NO3. The molecule has 4 heteroatoms. The maximum Gasteiger partial charge on any atom is 0.320 e. The molecule has 0 aliphatic heterocycles. The van der Waals surface area contributed by atoms with Crippen molar-refractivity contribution in [1.29, 1.82) is 0 Å². The first-order valence-electron chi connectivity index (χ1n) is 5.79. The number of aliphatic carboxylic acids is 1. The number of hydrogen-bond acceptors (Lipinski definition) is 3. The van der Waals surface area contributed by atoms with Crippen molar-refractivity contribution in [1.82, 2.24) is 5.32 Å². The van der Waals surface area contributed by atoms with Crippen LogP contribution < -0.4 is 5.32 Å². The van der Waals surface area contributed by atoms with Crippen LogP contribution in [0.5, 0.6) is 0 Å². The highest BCUT2D eigenvalue weighted by Crippen LogP contribution is 2.24. The second-order valence-electron chi connectivity index (χ2n) is 4.35. The van der Waals surface area contributed by atoms with Crippen LogP contribution in [-0.4, -0.2) is 34.9 Å². The molecule has 0 aromatic heterocycles. The van der Waals surface area contributed by atoms with Crippen molar-refractivity contribution in [2.24, 2.45) is 5.92 Å². The van der Waals surface area contributed by atoms with Gasteiger partial charge >= 0.3 is 5.97 Å². The predicted molar refractivity (Wildman–Crippen MR) is 57.7 cm³/mol. The van der Waals surface area contributed by atoms with Crippen LogP contribution in [0.15, 0.2) is 0 Å². The van der Waals surface area contributed by atoms with E-state index in [1.807, 2.05) is 6.92 Å². The first kappa shape index (κ1) is 12.5. The van der Waals surface area contributed by atoms with Crippen LogP contribution in [0, 0.1) is 5.92 Å². The third-order valence-corrected chi connectivity index (χ3v) is 3.12. The minimum atomic E-state index is -0.788. The van der Waals surface area contributed by atoms with E-state index in [1.54, 1.807) is 0 Å². The van der Waals surface area contributed by atoms with Gasteiger partial charge in [-0.05, 0) is 25.2 Å². The Morgan fingerprint density at radius 2 is 2.27 bits per heavy atom. The monoisotopic (exact) mass is 215 g/mol. The van der Waals surface area contributed by atoms with Gasteiger partial charge in [-0.1, -0.05) is 19.8 Å². The average Bonchev–Trinajstić information content (AvgIpc) is 2.58. The molecule has 3 atom stereocenters. The zero-order chi connectivity index (χ0) is 11.3. The molecule has 4 nitrogen and oxygen atoms in total. The summed E-state index contributed by atoms with van der Waals surface area (Å²) in [5.74, 6) is -0.548. The molecule has 0 amide bonds. The first-order valence-corrected chi connectivity index (χ1v) is 5.79. The highest BCUT2D eigenvalue weighted by molar-refractivity contribution is 5.73. The van der Waals surface area contributed by atoms with Gasteiger partial charge in [-0.2, -0.15) is 0 Å². The molecule has 0 heterocycles. The minimum Gasteiger partial charge on any atom is -0.480 e. The molecule has 1 aliphatic carbocycles. The Morgan fingerprint density at radius 1 is 1.53 bits per heavy atom. The average molecular weight is 215 g/mol. The van der Waals surface area contributed by atoms with Crippen molar-refractivity contribution >= 4 is 5.97 Å². The molecule has 3 unspecified atom stereocenters. The molecule has 1 fully saturated rings. The van der Waals surface area contributed by atoms with Crippen LogP contribution in [0.2, 0.25) is 0 Å². The lowest BCUT2D eigenvalue weighted by molar-refractivity contribution is -0.139. The van der Waals surface area contributed by atoms with Crippen molar-refractivity contribution in [2.45, 2.75) is 51.2 Å². The lowest BCUT2D eigenvalue weighted by Gasteiger charge is -2.19. The summed E-state index contributed by atoms with van der Waals surface area (Å²) in [6.07, 6.45) is 4.19. The van der Waals surface area contributed by atoms with Gasteiger partial charge in [-0.25, -0.2) is 0 Å². The SMILES string of the molecule is CCCC(NCC1CCCC1O)C(=O)O. The first-order chi connectivity index (χ1) is 7.15. The second-order valence-corrected chi connectivity index (χ2v) is 4.35. The van der Waals surface area contributed by atoms with E-state index >= 15 is 0 Å². The molecule has 0 aromatic carbocycles. The Labute approximate surface area is 90.7 Å². The number of carboxylic acid groups (broad SMARTS) is 1. The highest BCUT2D eigenvalue weighted by Gasteiger charge is 2.26. The lowest BCUT2D eigenvalue weighted by atomic mass is 10.0. The molecule has 0 radical (unpaired) electrons. The van der Waals surface area contributed by atoms with Gasteiger partial charge in [-0.15, -0.1) is 0 Å². The number of aliphatic hydroxyl groups is 1. The van der Waals surface area contributed by atoms with Gasteiger partial charge in [0.05, 0.1) is 6.10 Å². The molecule has 88 valence electrons. The molecule has 0 spiro atoms. The van der Waals surface area contributed by atoms with E-state index in [0.717, 1.165) is 25.7 Å². The van der Waals surface area contributed by atoms with Crippen molar-refractivity contribution in [3.05, 3.63) is 0 Å². The Bertz CT molecular complexity index is 208. The zero-order valence-corrected chi connectivity index (χ0v) is 9.28. The van der Waals surface area contributed by atoms with Crippen molar-refractivity contribution in [2.75, 3.05) is 6.54 Å². The molecule has 0 aromatic rings. The quantitative estimate of drug-likeness (QED) is 0.618. The smallest absolute Gasteiger partial charge is 0.320 e. The van der Waals surface area contributed by atoms with E-state index < -0.39 is 12.0 Å². The van der Waals surface area contributed by atoms with Crippen LogP contribution in [0.4, 0.5) is 0 Å². The van der Waals surface area contributed by atoms with Crippen molar-refractivity contribution < 1.29 is 15.0 Å². The van der Waals surface area contributed by atoms with Crippen LogP contribution in [0.1, 0.15) is 39.0 Å². The van der Waals surface area contributed by atoms with Crippen LogP contribution >= 0.6 is 0 Å². The van der Waals surface area contributed by atoms with E-state index in [1.165, 1.54) is 0 Å². The van der Waals surface area contributed by atoms with E-state index in [9.17, 15) is 9.90 Å². The van der Waals surface area contributed by atoms with Gasteiger partial charge in [0.15, 0.2) is 0 Å². The fourth-order valence-electron chi connectivity index (χ4n) is 2.15. The number of rotatable bonds is 6. The molecule has 15 heavy (non-hydrogen) atoms. The Hall–Kier alpha value is -0.610. The van der Waals surface area contributed by atoms with Gasteiger partial charge < -0.3 is 15.5 Å². The van der Waals surface area contributed by atoms with E-state index in [4.69, 9.17) is 5.11 Å². The summed E-state index contributed by atoms with van der Waals surface area (Å²) in [7, 11) is 0. The minimum absolute atomic E-state index is 0.240. The van der Waals surface area contributed by atoms with E-state index in [2.05, 4.69) is 5.32 Å². The molecular weight excluding hydrogens is 194 g/mol. The van der Waals surface area contributed by atoms with Crippen LogP contribution in [-0.2, 0) is 4.79 Å². The Kier molecular flexibility index (Phi) is 5.05. The molecule has 0 bridgehead atoms. The van der Waals surface area contributed by atoms with Gasteiger partial charge in [0.1, 0.15) is 6.04 Å². The molecule has 1 saturated carbocycles. The number of carbonyl (C=O) groups is 1. The fourth-order valence-corrected chi connectivity index (χ4v) is 2.15. The van der Waals surface area contributed by atoms with Gasteiger partial charge in [-0.3, -0.25) is 4.79 Å². The van der Waals surface area contributed by atoms with E-state index in [0.29, 0.717) is 13.0 Å². The van der Waals surface area contributed by atoms with Crippen molar-refractivity contribution in [3.8, 4) is 0 Å². The summed E-state index contributed by atoms with van der Waals surface area (Å²) < 4.78 is 0. The van der Waals surface area contributed by atoms with Crippen LogP contribution in [0.25, 0.3) is 0 Å².